The molecule has 0 aliphatic rings. The Balaban J connectivity index is 0.000000272. The van der Waals surface area contributed by atoms with Gasteiger partial charge in [0.25, 0.3) is 0 Å². The fraction of sp³-hybridized carbons (Fsp3) is 0.470. The van der Waals surface area contributed by atoms with Gasteiger partial charge in [-0.25, -0.2) is 15.0 Å². The highest BCUT2D eigenvalue weighted by atomic mass is 35.5. The van der Waals surface area contributed by atoms with Gasteiger partial charge in [0.2, 0.25) is 0 Å². The molecular weight excluding hydrogens is 1090 g/mol. The van der Waals surface area contributed by atoms with Crippen molar-refractivity contribution in [2.45, 2.75) is 170 Å². The van der Waals surface area contributed by atoms with Crippen LogP contribution in [0.25, 0.3) is 21.9 Å². The number of ether oxygens (including phenoxy) is 2. The fourth-order valence-electron chi connectivity index (χ4n) is 8.00. The number of rotatable bonds is 13. The Morgan fingerprint density at radius 3 is 1.52 bits per heavy atom. The number of carbonyl (C=O) groups excluding carboxylic acids is 3. The number of aryl methyl sites for hydroxylation is 4. The van der Waals surface area contributed by atoms with Crippen LogP contribution in [0.2, 0.25) is 10.0 Å². The van der Waals surface area contributed by atoms with Gasteiger partial charge in [-0.15, -0.1) is 5.92 Å². The molecule has 0 radical (unpaired) electrons. The van der Waals surface area contributed by atoms with E-state index in [9.17, 15) is 23.2 Å². The zero-order chi connectivity index (χ0) is 62.6. The molecule has 0 bridgehead atoms. The molecule has 7 aromatic heterocycles. The van der Waals surface area contributed by atoms with Crippen LogP contribution in [-0.2, 0) is 12.8 Å². The molecule has 83 heavy (non-hydrogen) atoms. The summed E-state index contributed by atoms with van der Waals surface area (Å²) in [5.41, 5.74) is 9.77. The lowest BCUT2D eigenvalue weighted by molar-refractivity contribution is -0.0501. The van der Waals surface area contributed by atoms with E-state index in [-0.39, 0.29) is 44.8 Å². The molecule has 7 rings (SSSR count). The number of ketones is 3. The molecule has 0 saturated carbocycles. The lowest BCUT2D eigenvalue weighted by atomic mass is 9.88. The van der Waals surface area contributed by atoms with Gasteiger partial charge in [-0.2, -0.15) is 8.78 Å². The van der Waals surface area contributed by atoms with Crippen LogP contribution in [0.3, 0.4) is 0 Å². The predicted molar refractivity (Wildman–Crippen MR) is 331 cm³/mol. The van der Waals surface area contributed by atoms with E-state index in [1.165, 1.54) is 12.3 Å². The van der Waals surface area contributed by atoms with E-state index >= 15 is 0 Å². The average Bonchev–Trinajstić information content (AvgIpc) is 3.48. The van der Waals surface area contributed by atoms with Crippen molar-refractivity contribution in [2.75, 3.05) is 6.61 Å². The quantitative estimate of drug-likeness (QED) is 0.0789. The Morgan fingerprint density at radius 1 is 0.566 bits per heavy atom. The number of nitrogens with zero attached hydrogens (tertiary/aromatic N) is 8. The molecular formula is C66H84Cl2F2N8O5. The van der Waals surface area contributed by atoms with E-state index in [1.54, 1.807) is 38.5 Å². The van der Waals surface area contributed by atoms with Crippen LogP contribution in [0.1, 0.15) is 188 Å². The predicted octanol–water partition coefficient (Wildman–Crippen LogP) is 17.1. The molecule has 0 atom stereocenters. The second-order valence-electron chi connectivity index (χ2n) is 25.5. The highest BCUT2D eigenvalue weighted by Crippen LogP contribution is 2.28. The normalized spacial score (nSPS) is 11.4. The van der Waals surface area contributed by atoms with Crippen molar-refractivity contribution >= 4 is 62.5 Å². The Hall–Kier alpha value is -6.89. The van der Waals surface area contributed by atoms with Crippen molar-refractivity contribution in [3.8, 4) is 23.3 Å². The highest BCUT2D eigenvalue weighted by molar-refractivity contribution is 6.31. The van der Waals surface area contributed by atoms with Crippen LogP contribution in [0.5, 0.6) is 11.5 Å². The zero-order valence-electron chi connectivity index (χ0n) is 52.0. The van der Waals surface area contributed by atoms with Crippen LogP contribution in [0.15, 0.2) is 79.8 Å². The molecule has 0 unspecified atom stereocenters. The maximum atomic E-state index is 12.0. The minimum Gasteiger partial charge on any atom is -0.479 e. The first-order valence-electron chi connectivity index (χ1n) is 27.5. The molecule has 0 N–H and O–H groups in total. The molecule has 0 aliphatic carbocycles. The van der Waals surface area contributed by atoms with Gasteiger partial charge in [0.1, 0.15) is 40.7 Å². The number of hydrogen-bond donors (Lipinski definition) is 0. The minimum absolute atomic E-state index is 0.00909. The summed E-state index contributed by atoms with van der Waals surface area (Å²) in [4.78, 5) is 70.1. The van der Waals surface area contributed by atoms with Crippen LogP contribution in [0, 0.1) is 67.1 Å². The number of fused-ring (bicyclic) bond motifs is 2. The molecule has 0 spiro atoms. The first kappa shape index (κ1) is 70.4. The smallest absolute Gasteiger partial charge is 0.387 e. The average molecular weight is 1180 g/mol. The lowest BCUT2D eigenvalue weighted by Crippen LogP contribution is -2.15. The van der Waals surface area contributed by atoms with Crippen molar-refractivity contribution in [3.05, 3.63) is 141 Å². The van der Waals surface area contributed by atoms with Crippen LogP contribution >= 0.6 is 23.2 Å². The van der Waals surface area contributed by atoms with Gasteiger partial charge in [-0.1, -0.05) is 126 Å². The Kier molecular flexibility index (Phi) is 26.9. The number of Topliss-reactive ketones (excluding diaryl/α,β-unsaturated/α-hetero) is 3. The zero-order valence-corrected chi connectivity index (χ0v) is 53.5. The van der Waals surface area contributed by atoms with Gasteiger partial charge >= 0.3 is 6.61 Å². The Labute approximate surface area is 501 Å². The van der Waals surface area contributed by atoms with E-state index in [0.29, 0.717) is 70.2 Å². The summed E-state index contributed by atoms with van der Waals surface area (Å²) in [7, 11) is 0. The van der Waals surface area contributed by atoms with Crippen LogP contribution in [-0.4, -0.2) is 70.4 Å². The summed E-state index contributed by atoms with van der Waals surface area (Å²) in [6.45, 7) is 35.8. The topological polar surface area (TPSA) is 173 Å². The molecule has 0 aromatic carbocycles. The van der Waals surface area contributed by atoms with E-state index in [1.807, 2.05) is 113 Å². The first-order chi connectivity index (χ1) is 38.4. The summed E-state index contributed by atoms with van der Waals surface area (Å²) in [5, 5.41) is 2.29. The third-order valence-corrected chi connectivity index (χ3v) is 11.7. The minimum atomic E-state index is -2.89. The molecule has 0 saturated heterocycles. The number of hydrogen-bond acceptors (Lipinski definition) is 13. The third-order valence-electron chi connectivity index (χ3n) is 11.3. The van der Waals surface area contributed by atoms with Gasteiger partial charge in [0.15, 0.2) is 17.3 Å². The largest absolute Gasteiger partial charge is 0.479 e. The Morgan fingerprint density at radius 2 is 1.02 bits per heavy atom. The third kappa shape index (κ3) is 26.5. The van der Waals surface area contributed by atoms with Crippen molar-refractivity contribution in [2.24, 2.45) is 27.6 Å². The number of aromatic nitrogens is 8. The standard InChI is InChI=1S/C15H19NO2.C13H15ClN2.C13H17F2NO2.C13H17N3.C12H16ClNO/c1-5-6-7-18-13-9-12(4)15(16-10-13)14(17)8-11(2)3;1-13(2,3)7-11-12-9(4-5-15-11)6-10(14)8-16-12;1-8-5-9(18-12(14)15)7-16-11(8)10(17)6-13(2,3)4;1-9-8-15-12-10(16-9)5-6-14-11(12)7-13(2,3)4;1-8-5-9(13)7-14-11(8)10(15)6-12(2,3)4/h9-11H,7-8H2,1-4H3;4-6,8H,7H2,1-3H3;5,7,12H,6H2,1-4H3;5-6,8H,7H2,1-4H3;5,7H,6H2,1-4H3. The molecule has 446 valence electrons. The maximum Gasteiger partial charge on any atom is 0.387 e. The molecule has 7 heterocycles. The maximum absolute atomic E-state index is 12.0. The van der Waals surface area contributed by atoms with Crippen LogP contribution < -0.4 is 9.47 Å². The van der Waals surface area contributed by atoms with Crippen molar-refractivity contribution in [3.63, 3.8) is 0 Å². The van der Waals surface area contributed by atoms with Gasteiger partial charge < -0.3 is 9.47 Å². The summed E-state index contributed by atoms with van der Waals surface area (Å²) in [6, 6.07) is 10.8. The summed E-state index contributed by atoms with van der Waals surface area (Å²) in [6.07, 6.45) is 14.6. The second-order valence-corrected chi connectivity index (χ2v) is 26.4. The van der Waals surface area contributed by atoms with E-state index in [2.05, 4.69) is 98.0 Å². The van der Waals surface area contributed by atoms with Crippen LogP contribution in [0.4, 0.5) is 8.78 Å². The molecule has 17 heteroatoms. The molecule has 7 aromatic rings. The highest BCUT2D eigenvalue weighted by Gasteiger charge is 2.22. The summed E-state index contributed by atoms with van der Waals surface area (Å²) >= 11 is 11.7. The molecule has 13 nitrogen and oxygen atoms in total. The number of pyridine rings is 6. The fourth-order valence-corrected chi connectivity index (χ4v) is 8.38. The lowest BCUT2D eigenvalue weighted by Gasteiger charge is -2.18. The van der Waals surface area contributed by atoms with Crippen molar-refractivity contribution in [1.29, 1.82) is 0 Å². The van der Waals surface area contributed by atoms with E-state index < -0.39 is 6.61 Å². The number of halogens is 4. The summed E-state index contributed by atoms with van der Waals surface area (Å²) < 4.78 is 33.7. The van der Waals surface area contributed by atoms with Crippen molar-refractivity contribution in [1.82, 2.24) is 39.9 Å². The van der Waals surface area contributed by atoms with Crippen molar-refractivity contribution < 1.29 is 32.6 Å². The van der Waals surface area contributed by atoms with Gasteiger partial charge in [0.05, 0.1) is 50.6 Å². The SMILES string of the molecule is CC#CCOc1cnc(C(=O)CC(C)C)c(C)c1.CC(C)(C)Cc1nccc2cc(Cl)cnc12.Cc1cc(Cl)cnc1C(=O)CC(C)(C)C.Cc1cc(OC(F)F)cnc1C(=O)CC(C)(C)C.Cc1cnc2c(CC(C)(C)C)nccc2n1. The molecule has 0 amide bonds. The summed E-state index contributed by atoms with van der Waals surface area (Å²) in [5.74, 6) is 6.60. The number of carbonyl (C=O) groups is 3. The van der Waals surface area contributed by atoms with E-state index in [0.717, 1.165) is 69.2 Å². The monoisotopic (exact) mass is 1180 g/mol. The van der Waals surface area contributed by atoms with Gasteiger partial charge in [-0.05, 0) is 128 Å². The molecule has 0 aliphatic heterocycles. The number of alkyl halides is 2. The van der Waals surface area contributed by atoms with Gasteiger partial charge in [-0.3, -0.25) is 39.3 Å². The first-order valence-corrected chi connectivity index (χ1v) is 28.3. The second kappa shape index (κ2) is 31.7. The molecule has 0 fully saturated rings. The van der Waals surface area contributed by atoms with E-state index in [4.69, 9.17) is 27.9 Å². The van der Waals surface area contributed by atoms with Gasteiger partial charge in [0, 0.05) is 55.6 Å². The Bertz CT molecular complexity index is 3270.